The third-order valence-corrected chi connectivity index (χ3v) is 3.74. The highest BCUT2D eigenvalue weighted by molar-refractivity contribution is 9.10. The van der Waals surface area contributed by atoms with E-state index in [-0.39, 0.29) is 13.2 Å². The van der Waals surface area contributed by atoms with Crippen LogP contribution in [0.1, 0.15) is 11.4 Å². The molecule has 0 aromatic carbocycles. The summed E-state index contributed by atoms with van der Waals surface area (Å²) in [6.45, 7) is 0.251. The summed E-state index contributed by atoms with van der Waals surface area (Å²) in [6.07, 6.45) is 0. The maximum atomic E-state index is 11.6. The molecule has 0 saturated heterocycles. The number of rotatable bonds is 6. The lowest BCUT2D eigenvalue weighted by Gasteiger charge is -1.96. The second kappa shape index (κ2) is 7.90. The third-order valence-electron chi connectivity index (χ3n) is 2.18. The number of pyridine rings is 2. The van der Waals surface area contributed by atoms with Crippen molar-refractivity contribution in [3.63, 3.8) is 0 Å². The van der Waals surface area contributed by atoms with Crippen molar-refractivity contribution in [2.75, 3.05) is 0 Å². The maximum Gasteiger partial charge on any atom is 0.698 e. The molecule has 104 valence electrons. The molecule has 0 amide bonds. The molecular weight excluding hydrogens is 411 g/mol. The van der Waals surface area contributed by atoms with Gasteiger partial charge in [-0.1, -0.05) is 12.1 Å². The first-order valence-corrected chi connectivity index (χ1v) is 8.27. The van der Waals surface area contributed by atoms with Crippen molar-refractivity contribution in [3.8, 4) is 0 Å². The van der Waals surface area contributed by atoms with Crippen LogP contribution in [-0.4, -0.2) is 9.97 Å². The molecule has 0 aliphatic heterocycles. The lowest BCUT2D eigenvalue weighted by atomic mass is 10.4. The maximum absolute atomic E-state index is 11.6. The fourth-order valence-electron chi connectivity index (χ4n) is 1.34. The Kier molecular flexibility index (Phi) is 6.19. The van der Waals surface area contributed by atoms with Crippen LogP contribution < -0.4 is 0 Å². The van der Waals surface area contributed by atoms with E-state index in [1.54, 1.807) is 24.3 Å². The summed E-state index contributed by atoms with van der Waals surface area (Å²) in [6, 6.07) is 10.8. The summed E-state index contributed by atoms with van der Waals surface area (Å²) in [4.78, 5) is 8.33. The van der Waals surface area contributed by atoms with Gasteiger partial charge in [-0.3, -0.25) is 0 Å². The van der Waals surface area contributed by atoms with Gasteiger partial charge in [0.25, 0.3) is 0 Å². The highest BCUT2D eigenvalue weighted by atomic mass is 79.9. The Hall–Kier alpha value is -0.720. The molecule has 2 aromatic rings. The van der Waals surface area contributed by atoms with Crippen molar-refractivity contribution in [2.24, 2.45) is 0 Å². The average molecular weight is 421 g/mol. The highest BCUT2D eigenvalue weighted by Gasteiger charge is 2.21. The lowest BCUT2D eigenvalue weighted by Crippen LogP contribution is -1.94. The van der Waals surface area contributed by atoms with E-state index in [9.17, 15) is 4.57 Å². The predicted molar refractivity (Wildman–Crippen MR) is 81.1 cm³/mol. The van der Waals surface area contributed by atoms with E-state index in [1.807, 2.05) is 12.1 Å². The van der Waals surface area contributed by atoms with E-state index in [4.69, 9.17) is 9.05 Å². The van der Waals surface area contributed by atoms with Gasteiger partial charge in [0.05, 0.1) is 11.4 Å². The van der Waals surface area contributed by atoms with E-state index < -0.39 is 8.25 Å². The zero-order valence-electron chi connectivity index (χ0n) is 10.2. The monoisotopic (exact) mass is 419 g/mol. The summed E-state index contributed by atoms with van der Waals surface area (Å²) in [5.41, 5.74) is 1.35. The number of halogens is 2. The van der Waals surface area contributed by atoms with Crippen LogP contribution in [0.2, 0.25) is 0 Å². The number of nitrogens with zero attached hydrogens (tertiary/aromatic N) is 2. The minimum Gasteiger partial charge on any atom is -0.243 e. The summed E-state index contributed by atoms with van der Waals surface area (Å²) in [5, 5.41) is 0. The molecular formula is C12H10Br2N2O3P+. The van der Waals surface area contributed by atoms with E-state index in [2.05, 4.69) is 41.8 Å². The molecule has 0 aliphatic rings. The van der Waals surface area contributed by atoms with Crippen LogP contribution in [0.3, 0.4) is 0 Å². The quantitative estimate of drug-likeness (QED) is 0.512. The molecule has 2 rings (SSSR count). The second-order valence-corrected chi connectivity index (χ2v) is 6.26. The molecule has 8 heteroatoms. The molecule has 0 bridgehead atoms. The van der Waals surface area contributed by atoms with Gasteiger partial charge in [0.15, 0.2) is 0 Å². The van der Waals surface area contributed by atoms with Crippen LogP contribution in [-0.2, 0) is 26.8 Å². The molecule has 0 spiro atoms. The van der Waals surface area contributed by atoms with Crippen LogP contribution in [0, 0.1) is 0 Å². The molecule has 0 fully saturated rings. The highest BCUT2D eigenvalue weighted by Crippen LogP contribution is 2.27. The molecule has 2 aromatic heterocycles. The van der Waals surface area contributed by atoms with Crippen LogP contribution in [0.25, 0.3) is 0 Å². The van der Waals surface area contributed by atoms with Crippen LogP contribution in [0.15, 0.2) is 45.6 Å². The van der Waals surface area contributed by atoms with E-state index in [0.29, 0.717) is 20.6 Å². The van der Waals surface area contributed by atoms with Gasteiger partial charge in [-0.15, -0.1) is 9.05 Å². The standard InChI is InChI=1S/C12H10Br2N2O3P/c13-11-5-1-3-9(15-11)7-18-20(17)19-8-10-4-2-6-12(14)16-10/h1-6H,7-8H2/q+1. The summed E-state index contributed by atoms with van der Waals surface area (Å²) in [7, 11) is -2.21. The Morgan fingerprint density at radius 3 is 1.75 bits per heavy atom. The number of aromatic nitrogens is 2. The van der Waals surface area contributed by atoms with Gasteiger partial charge >= 0.3 is 8.25 Å². The topological polar surface area (TPSA) is 61.3 Å². The van der Waals surface area contributed by atoms with Gasteiger partial charge in [0.1, 0.15) is 22.4 Å². The van der Waals surface area contributed by atoms with E-state index in [0.717, 1.165) is 0 Å². The minimum atomic E-state index is -2.21. The van der Waals surface area contributed by atoms with Gasteiger partial charge in [-0.25, -0.2) is 9.97 Å². The molecule has 0 unspecified atom stereocenters. The molecule has 0 atom stereocenters. The largest absolute Gasteiger partial charge is 0.698 e. The first-order valence-electron chi connectivity index (χ1n) is 5.59. The molecule has 2 heterocycles. The molecule has 0 aliphatic carbocycles. The predicted octanol–water partition coefficient (Wildman–Crippen LogP) is 4.39. The Balaban J connectivity index is 1.78. The van der Waals surface area contributed by atoms with Gasteiger partial charge < -0.3 is 0 Å². The van der Waals surface area contributed by atoms with Gasteiger partial charge in [-0.2, -0.15) is 0 Å². The molecule has 0 radical (unpaired) electrons. The molecule has 20 heavy (non-hydrogen) atoms. The minimum absolute atomic E-state index is 0.126. The Morgan fingerprint density at radius 1 is 0.900 bits per heavy atom. The van der Waals surface area contributed by atoms with Crippen molar-refractivity contribution < 1.29 is 13.6 Å². The van der Waals surface area contributed by atoms with Gasteiger partial charge in [0.2, 0.25) is 0 Å². The Bertz CT molecular complexity index is 561. The number of hydrogen-bond acceptors (Lipinski definition) is 5. The first-order chi connectivity index (χ1) is 9.63. The third kappa shape index (κ3) is 5.34. The SMILES string of the molecule is O=[P+](OCc1cccc(Br)n1)OCc1cccc(Br)n1. The normalized spacial score (nSPS) is 10.5. The zero-order chi connectivity index (χ0) is 14.4. The fraction of sp³-hybridized carbons (Fsp3) is 0.167. The fourth-order valence-corrected chi connectivity index (χ4v) is 2.65. The summed E-state index contributed by atoms with van der Waals surface area (Å²) < 4.78 is 23.2. The first kappa shape index (κ1) is 15.7. The second-order valence-electron chi connectivity index (χ2n) is 3.67. The Morgan fingerprint density at radius 2 is 1.35 bits per heavy atom. The van der Waals surface area contributed by atoms with Crippen LogP contribution in [0.5, 0.6) is 0 Å². The van der Waals surface area contributed by atoms with Crippen molar-refractivity contribution in [3.05, 3.63) is 57.0 Å². The van der Waals surface area contributed by atoms with Crippen molar-refractivity contribution >= 4 is 40.1 Å². The number of hydrogen-bond donors (Lipinski definition) is 0. The van der Waals surface area contributed by atoms with Crippen molar-refractivity contribution in [1.82, 2.24) is 9.97 Å². The molecule has 0 saturated carbocycles. The van der Waals surface area contributed by atoms with Crippen molar-refractivity contribution in [2.45, 2.75) is 13.2 Å². The zero-order valence-corrected chi connectivity index (χ0v) is 14.3. The smallest absolute Gasteiger partial charge is 0.243 e. The Labute approximate surface area is 133 Å². The lowest BCUT2D eigenvalue weighted by molar-refractivity contribution is 0.209. The van der Waals surface area contributed by atoms with Crippen LogP contribution in [0.4, 0.5) is 0 Å². The summed E-state index contributed by atoms with van der Waals surface area (Å²) in [5.74, 6) is 0. The molecule has 5 nitrogen and oxygen atoms in total. The molecule has 0 N–H and O–H groups in total. The average Bonchev–Trinajstić information content (AvgIpc) is 2.43. The van der Waals surface area contributed by atoms with E-state index >= 15 is 0 Å². The van der Waals surface area contributed by atoms with Crippen LogP contribution >= 0.6 is 40.1 Å². The van der Waals surface area contributed by atoms with E-state index in [1.165, 1.54) is 0 Å². The van der Waals surface area contributed by atoms with Gasteiger partial charge in [-0.05, 0) is 56.1 Å². The summed E-state index contributed by atoms with van der Waals surface area (Å²) >= 11 is 6.51. The van der Waals surface area contributed by atoms with Gasteiger partial charge in [0, 0.05) is 4.57 Å². The van der Waals surface area contributed by atoms with Crippen molar-refractivity contribution in [1.29, 1.82) is 0 Å².